The molecule has 0 radical (unpaired) electrons. The number of hydrogen-bond acceptors (Lipinski definition) is 5. The van der Waals surface area contributed by atoms with E-state index in [1.54, 1.807) is 15.6 Å². The molecule has 0 aromatic carbocycles. The second kappa shape index (κ2) is 5.61. The van der Waals surface area contributed by atoms with Gasteiger partial charge in [0.1, 0.15) is 0 Å². The van der Waals surface area contributed by atoms with Crippen LogP contribution in [0.15, 0.2) is 5.38 Å². The van der Waals surface area contributed by atoms with Gasteiger partial charge in [-0.25, -0.2) is 17.7 Å². The zero-order valence-corrected chi connectivity index (χ0v) is 14.2. The van der Waals surface area contributed by atoms with Gasteiger partial charge < -0.3 is 4.74 Å². The van der Waals surface area contributed by atoms with E-state index in [1.165, 1.54) is 12.7 Å². The molecule has 0 N–H and O–H groups in total. The van der Waals surface area contributed by atoms with Crippen LogP contribution in [-0.4, -0.2) is 43.7 Å². The third-order valence-electron chi connectivity index (χ3n) is 4.78. The monoisotopic (exact) mass is 330 g/mol. The second-order valence-electron chi connectivity index (χ2n) is 6.36. The molecule has 5 nitrogen and oxygen atoms in total. The molecule has 2 aliphatic rings. The first-order valence-corrected chi connectivity index (χ1v) is 10.1. The summed E-state index contributed by atoms with van der Waals surface area (Å²) >= 11 is 1.63. The average Bonchev–Trinajstić information content (AvgIpc) is 3.02. The Hall–Kier alpha value is -0.500. The molecule has 1 aliphatic heterocycles. The van der Waals surface area contributed by atoms with Crippen LogP contribution in [0, 0.1) is 18.3 Å². The van der Waals surface area contributed by atoms with E-state index in [4.69, 9.17) is 4.74 Å². The van der Waals surface area contributed by atoms with Crippen LogP contribution < -0.4 is 0 Å². The molecule has 21 heavy (non-hydrogen) atoms. The Balaban J connectivity index is 1.62. The standard InChI is InChI=1S/C14H22N2O3S2/c1-11-15-13(8-20-11)7-19-10-14-5-3-4-12(14)6-16(9-14)21(2,17)18/h8,12H,3-7,9-10H2,1-2H3/t12-,14+/m0/s1. The maximum absolute atomic E-state index is 11.8. The molecule has 1 aliphatic carbocycles. The minimum absolute atomic E-state index is 0.0220. The first kappa shape index (κ1) is 15.4. The summed E-state index contributed by atoms with van der Waals surface area (Å²) in [6.45, 7) is 4.43. The number of aromatic nitrogens is 1. The molecule has 0 amide bonds. The molecular weight excluding hydrogens is 308 g/mol. The number of thiazole rings is 1. The van der Waals surface area contributed by atoms with E-state index in [0.717, 1.165) is 23.5 Å². The lowest BCUT2D eigenvalue weighted by atomic mass is 9.82. The van der Waals surface area contributed by atoms with E-state index < -0.39 is 10.0 Å². The SMILES string of the molecule is Cc1nc(COC[C@]23CCC[C@H]2CN(S(C)(=O)=O)C3)cs1. The van der Waals surface area contributed by atoms with Crippen molar-refractivity contribution >= 4 is 21.4 Å². The highest BCUT2D eigenvalue weighted by Gasteiger charge is 2.51. The first-order chi connectivity index (χ1) is 9.89. The van der Waals surface area contributed by atoms with Crippen molar-refractivity contribution < 1.29 is 13.2 Å². The lowest BCUT2D eigenvalue weighted by Gasteiger charge is -2.28. The van der Waals surface area contributed by atoms with Crippen molar-refractivity contribution in [2.45, 2.75) is 32.8 Å². The highest BCUT2D eigenvalue weighted by atomic mass is 32.2. The molecule has 3 rings (SSSR count). The molecule has 7 heteroatoms. The van der Waals surface area contributed by atoms with Gasteiger partial charge in [0.25, 0.3) is 0 Å². The van der Waals surface area contributed by atoms with E-state index in [2.05, 4.69) is 4.98 Å². The van der Waals surface area contributed by atoms with Crippen LogP contribution in [0.4, 0.5) is 0 Å². The molecule has 118 valence electrons. The summed E-state index contributed by atoms with van der Waals surface area (Å²) in [7, 11) is -3.09. The Morgan fingerprint density at radius 2 is 2.38 bits per heavy atom. The van der Waals surface area contributed by atoms with Gasteiger partial charge in [0.05, 0.1) is 30.2 Å². The van der Waals surface area contributed by atoms with E-state index in [1.807, 2.05) is 12.3 Å². The van der Waals surface area contributed by atoms with Crippen LogP contribution in [0.25, 0.3) is 0 Å². The molecule has 1 aromatic heterocycles. The van der Waals surface area contributed by atoms with Gasteiger partial charge in [0.15, 0.2) is 0 Å². The molecule has 0 bridgehead atoms. The summed E-state index contributed by atoms with van der Waals surface area (Å²) in [6.07, 6.45) is 4.67. The van der Waals surface area contributed by atoms with E-state index >= 15 is 0 Å². The van der Waals surface area contributed by atoms with Crippen LogP contribution in [0.1, 0.15) is 30.0 Å². The molecule has 1 saturated carbocycles. The van der Waals surface area contributed by atoms with Gasteiger partial charge in [-0.1, -0.05) is 6.42 Å². The molecule has 0 spiro atoms. The normalized spacial score (nSPS) is 29.9. The Morgan fingerprint density at radius 3 is 3.05 bits per heavy atom. The molecule has 2 fully saturated rings. The van der Waals surface area contributed by atoms with Crippen molar-refractivity contribution in [2.24, 2.45) is 11.3 Å². The van der Waals surface area contributed by atoms with Crippen molar-refractivity contribution in [2.75, 3.05) is 26.0 Å². The van der Waals surface area contributed by atoms with Crippen molar-refractivity contribution in [3.63, 3.8) is 0 Å². The number of ether oxygens (including phenoxy) is 1. The third kappa shape index (κ3) is 3.16. The average molecular weight is 330 g/mol. The van der Waals surface area contributed by atoms with E-state index in [0.29, 0.717) is 32.2 Å². The Kier molecular flexibility index (Phi) is 4.11. The lowest BCUT2D eigenvalue weighted by Crippen LogP contribution is -2.34. The summed E-state index contributed by atoms with van der Waals surface area (Å²) in [6, 6.07) is 0. The zero-order chi connectivity index (χ0) is 15.1. The maximum Gasteiger partial charge on any atom is 0.211 e. The van der Waals surface area contributed by atoms with Crippen molar-refractivity contribution in [1.29, 1.82) is 0 Å². The van der Waals surface area contributed by atoms with Crippen molar-refractivity contribution in [3.8, 4) is 0 Å². The predicted molar refractivity (Wildman–Crippen MR) is 82.7 cm³/mol. The quantitative estimate of drug-likeness (QED) is 0.829. The summed E-state index contributed by atoms with van der Waals surface area (Å²) < 4.78 is 31.1. The maximum atomic E-state index is 11.8. The third-order valence-corrected chi connectivity index (χ3v) is 6.82. The van der Waals surface area contributed by atoms with Crippen LogP contribution in [0.3, 0.4) is 0 Å². The second-order valence-corrected chi connectivity index (χ2v) is 9.40. The molecule has 2 atom stereocenters. The number of sulfonamides is 1. The smallest absolute Gasteiger partial charge is 0.211 e. The van der Waals surface area contributed by atoms with Crippen molar-refractivity contribution in [3.05, 3.63) is 16.1 Å². The fourth-order valence-corrected chi connectivity index (χ4v) is 5.23. The number of aryl methyl sites for hydroxylation is 1. The fraction of sp³-hybridized carbons (Fsp3) is 0.786. The fourth-order valence-electron chi connectivity index (χ4n) is 3.69. The van der Waals surface area contributed by atoms with Crippen LogP contribution in [0.5, 0.6) is 0 Å². The minimum Gasteiger partial charge on any atom is -0.374 e. The Labute approximate surface area is 130 Å². The summed E-state index contributed by atoms with van der Waals surface area (Å²) in [5, 5.41) is 3.07. The molecular formula is C14H22N2O3S2. The largest absolute Gasteiger partial charge is 0.374 e. The summed E-state index contributed by atoms with van der Waals surface area (Å²) in [5.41, 5.74) is 0.996. The van der Waals surface area contributed by atoms with Gasteiger partial charge in [0.2, 0.25) is 10.0 Å². The van der Waals surface area contributed by atoms with E-state index in [9.17, 15) is 8.42 Å². The van der Waals surface area contributed by atoms with Gasteiger partial charge >= 0.3 is 0 Å². The lowest BCUT2D eigenvalue weighted by molar-refractivity contribution is 0.0279. The Morgan fingerprint density at radius 1 is 1.57 bits per heavy atom. The highest BCUT2D eigenvalue weighted by molar-refractivity contribution is 7.88. The number of nitrogens with zero attached hydrogens (tertiary/aromatic N) is 2. The summed E-state index contributed by atoms with van der Waals surface area (Å²) in [4.78, 5) is 4.40. The molecule has 2 heterocycles. The zero-order valence-electron chi connectivity index (χ0n) is 12.5. The van der Waals surface area contributed by atoms with Gasteiger partial charge in [-0.2, -0.15) is 0 Å². The number of fused-ring (bicyclic) bond motifs is 1. The van der Waals surface area contributed by atoms with Crippen LogP contribution in [-0.2, 0) is 21.4 Å². The first-order valence-electron chi connectivity index (χ1n) is 7.33. The van der Waals surface area contributed by atoms with Crippen molar-refractivity contribution in [1.82, 2.24) is 9.29 Å². The van der Waals surface area contributed by atoms with Crippen LogP contribution >= 0.6 is 11.3 Å². The summed E-state index contributed by atoms with van der Waals surface area (Å²) in [5.74, 6) is 0.449. The van der Waals surface area contributed by atoms with Gasteiger partial charge in [-0.3, -0.25) is 0 Å². The van der Waals surface area contributed by atoms with Gasteiger partial charge in [0, 0.05) is 23.9 Å². The molecule has 1 saturated heterocycles. The van der Waals surface area contributed by atoms with Gasteiger partial charge in [-0.05, 0) is 25.7 Å². The minimum atomic E-state index is -3.09. The number of rotatable bonds is 5. The highest BCUT2D eigenvalue weighted by Crippen LogP contribution is 2.49. The topological polar surface area (TPSA) is 59.5 Å². The van der Waals surface area contributed by atoms with Gasteiger partial charge in [-0.15, -0.1) is 11.3 Å². The Bertz CT molecular complexity index is 613. The predicted octanol–water partition coefficient (Wildman–Crippen LogP) is 2.03. The number of hydrogen-bond donors (Lipinski definition) is 0. The molecule has 1 aromatic rings. The molecule has 0 unspecified atom stereocenters. The van der Waals surface area contributed by atoms with Crippen LogP contribution in [0.2, 0.25) is 0 Å². The van der Waals surface area contributed by atoms with E-state index in [-0.39, 0.29) is 5.41 Å².